The standard InChI is InChI=1S/C22H21BrN6O2/c1-28-20-19(31-21(27-28)17-4-2-3-5-18(17)23)14-24-22(26-20)25-15-6-8-16(9-7-15)29-10-12-30-13-11-29/h2-9,14H,10-13H2,1H3,(H,24,25,26). The predicted octanol–water partition coefficient (Wildman–Crippen LogP) is 4.01. The van der Waals surface area contributed by atoms with Crippen molar-refractivity contribution in [2.24, 2.45) is 5.10 Å². The molecular weight excluding hydrogens is 460 g/mol. The van der Waals surface area contributed by atoms with Gasteiger partial charge in [0, 0.05) is 36.0 Å². The first kappa shape index (κ1) is 19.8. The fourth-order valence-electron chi connectivity index (χ4n) is 3.48. The molecule has 0 spiro atoms. The second kappa shape index (κ2) is 8.52. The molecule has 0 unspecified atom stereocenters. The van der Waals surface area contributed by atoms with E-state index in [-0.39, 0.29) is 0 Å². The Morgan fingerprint density at radius 1 is 1.03 bits per heavy atom. The Morgan fingerprint density at radius 3 is 2.58 bits per heavy atom. The highest BCUT2D eigenvalue weighted by Crippen LogP contribution is 2.32. The summed E-state index contributed by atoms with van der Waals surface area (Å²) in [4.78, 5) is 11.3. The number of benzene rings is 2. The quantitative estimate of drug-likeness (QED) is 0.604. The van der Waals surface area contributed by atoms with Crippen LogP contribution in [0.25, 0.3) is 0 Å². The van der Waals surface area contributed by atoms with Gasteiger partial charge in [-0.25, -0.2) is 9.99 Å². The van der Waals surface area contributed by atoms with Crippen LogP contribution in [0.1, 0.15) is 5.56 Å². The molecule has 3 heterocycles. The van der Waals surface area contributed by atoms with Gasteiger partial charge < -0.3 is 19.7 Å². The van der Waals surface area contributed by atoms with Crippen LogP contribution >= 0.6 is 15.9 Å². The average Bonchev–Trinajstić information content (AvgIpc) is 2.81. The lowest BCUT2D eigenvalue weighted by Crippen LogP contribution is -2.36. The fourth-order valence-corrected chi connectivity index (χ4v) is 3.94. The molecule has 3 aromatic rings. The molecule has 8 nitrogen and oxygen atoms in total. The second-order valence-corrected chi connectivity index (χ2v) is 8.02. The zero-order valence-corrected chi connectivity index (χ0v) is 18.5. The lowest BCUT2D eigenvalue weighted by atomic mass is 10.2. The van der Waals surface area contributed by atoms with E-state index in [2.05, 4.69) is 53.3 Å². The van der Waals surface area contributed by atoms with Gasteiger partial charge in [-0.3, -0.25) is 0 Å². The summed E-state index contributed by atoms with van der Waals surface area (Å²) in [5, 5.41) is 9.48. The van der Waals surface area contributed by atoms with Crippen molar-refractivity contribution in [2.45, 2.75) is 0 Å². The Morgan fingerprint density at radius 2 is 1.81 bits per heavy atom. The molecule has 5 rings (SSSR count). The number of nitrogens with zero attached hydrogens (tertiary/aromatic N) is 5. The monoisotopic (exact) mass is 480 g/mol. The number of aromatic nitrogens is 2. The summed E-state index contributed by atoms with van der Waals surface area (Å²) in [7, 11) is 1.84. The van der Waals surface area contributed by atoms with E-state index in [1.165, 1.54) is 5.69 Å². The Bertz CT molecular complexity index is 1120. The van der Waals surface area contributed by atoms with Crippen LogP contribution in [0.15, 0.2) is 64.3 Å². The van der Waals surface area contributed by atoms with Gasteiger partial charge in [0.1, 0.15) is 0 Å². The van der Waals surface area contributed by atoms with Crippen molar-refractivity contribution in [1.29, 1.82) is 0 Å². The molecule has 0 atom stereocenters. The Balaban J connectivity index is 1.32. The number of hydrogen-bond acceptors (Lipinski definition) is 8. The van der Waals surface area contributed by atoms with Crippen LogP contribution in [-0.4, -0.2) is 49.2 Å². The topological polar surface area (TPSA) is 75.1 Å². The minimum absolute atomic E-state index is 0.480. The number of ether oxygens (including phenoxy) is 2. The Labute approximate surface area is 188 Å². The van der Waals surface area contributed by atoms with E-state index >= 15 is 0 Å². The first-order chi connectivity index (χ1) is 15.2. The van der Waals surface area contributed by atoms with E-state index in [9.17, 15) is 0 Å². The van der Waals surface area contributed by atoms with Crippen LogP contribution in [0.3, 0.4) is 0 Å². The second-order valence-electron chi connectivity index (χ2n) is 7.16. The van der Waals surface area contributed by atoms with Gasteiger partial charge in [0.05, 0.1) is 25.0 Å². The number of rotatable bonds is 4. The van der Waals surface area contributed by atoms with Crippen molar-refractivity contribution < 1.29 is 9.47 Å². The average molecular weight is 481 g/mol. The molecule has 31 heavy (non-hydrogen) atoms. The largest absolute Gasteiger partial charge is 0.431 e. The van der Waals surface area contributed by atoms with Crippen LogP contribution < -0.4 is 20.0 Å². The van der Waals surface area contributed by atoms with E-state index in [0.717, 1.165) is 42.0 Å². The van der Waals surface area contributed by atoms with Gasteiger partial charge in [-0.2, -0.15) is 4.98 Å². The third kappa shape index (κ3) is 4.19. The van der Waals surface area contributed by atoms with E-state index in [4.69, 9.17) is 9.47 Å². The van der Waals surface area contributed by atoms with Crippen LogP contribution in [0.4, 0.5) is 23.1 Å². The molecule has 2 aromatic carbocycles. The van der Waals surface area contributed by atoms with Gasteiger partial charge in [0.15, 0.2) is 11.6 Å². The van der Waals surface area contributed by atoms with Crippen LogP contribution in [0.5, 0.6) is 5.75 Å². The van der Waals surface area contributed by atoms with Crippen molar-refractivity contribution in [3.63, 3.8) is 0 Å². The Hall–Kier alpha value is -3.17. The van der Waals surface area contributed by atoms with Crippen LogP contribution in [0.2, 0.25) is 0 Å². The number of hydrazone groups is 1. The van der Waals surface area contributed by atoms with Gasteiger partial charge >= 0.3 is 0 Å². The molecule has 0 saturated carbocycles. The first-order valence-electron chi connectivity index (χ1n) is 9.99. The summed E-state index contributed by atoms with van der Waals surface area (Å²) in [6, 6.07) is 16.0. The third-order valence-electron chi connectivity index (χ3n) is 5.09. The number of anilines is 4. The summed E-state index contributed by atoms with van der Waals surface area (Å²) in [6.07, 6.45) is 1.66. The van der Waals surface area contributed by atoms with E-state index in [0.29, 0.717) is 23.4 Å². The fraction of sp³-hybridized carbons (Fsp3) is 0.227. The van der Waals surface area contributed by atoms with E-state index in [1.807, 2.05) is 43.4 Å². The molecule has 0 amide bonds. The molecule has 0 aliphatic carbocycles. The molecule has 1 aromatic heterocycles. The van der Waals surface area contributed by atoms with Crippen molar-refractivity contribution in [3.8, 4) is 5.75 Å². The van der Waals surface area contributed by atoms with Gasteiger partial charge in [0.25, 0.3) is 0 Å². The summed E-state index contributed by atoms with van der Waals surface area (Å²) in [6.45, 7) is 3.36. The maximum atomic E-state index is 5.97. The molecular formula is C22H21BrN6O2. The van der Waals surface area contributed by atoms with Crippen molar-refractivity contribution >= 4 is 45.0 Å². The minimum atomic E-state index is 0.480. The van der Waals surface area contributed by atoms with E-state index < -0.39 is 0 Å². The number of halogens is 1. The number of hydrogen-bond donors (Lipinski definition) is 1. The molecule has 9 heteroatoms. The minimum Gasteiger partial charge on any atom is -0.431 e. The van der Waals surface area contributed by atoms with Crippen molar-refractivity contribution in [1.82, 2.24) is 9.97 Å². The highest BCUT2D eigenvalue weighted by Gasteiger charge is 2.23. The highest BCUT2D eigenvalue weighted by molar-refractivity contribution is 9.10. The van der Waals surface area contributed by atoms with Crippen molar-refractivity contribution in [3.05, 3.63) is 64.8 Å². The van der Waals surface area contributed by atoms with Crippen molar-refractivity contribution in [2.75, 3.05) is 48.6 Å². The molecule has 2 aliphatic heterocycles. The number of morpholine rings is 1. The molecule has 1 saturated heterocycles. The van der Waals surface area contributed by atoms with Gasteiger partial charge in [-0.05, 0) is 52.3 Å². The molecule has 1 N–H and O–H groups in total. The first-order valence-corrected chi connectivity index (χ1v) is 10.8. The molecule has 0 bridgehead atoms. The van der Waals surface area contributed by atoms with Crippen LogP contribution in [0, 0.1) is 0 Å². The van der Waals surface area contributed by atoms with Gasteiger partial charge in [0.2, 0.25) is 11.8 Å². The summed E-state index contributed by atoms with van der Waals surface area (Å²) >= 11 is 3.54. The van der Waals surface area contributed by atoms with Crippen LogP contribution in [-0.2, 0) is 4.74 Å². The van der Waals surface area contributed by atoms with E-state index in [1.54, 1.807) is 11.2 Å². The summed E-state index contributed by atoms with van der Waals surface area (Å²) < 4.78 is 12.3. The number of fused-ring (bicyclic) bond motifs is 1. The van der Waals surface area contributed by atoms with Gasteiger partial charge in [-0.15, -0.1) is 5.10 Å². The molecule has 2 aliphatic rings. The predicted molar refractivity (Wildman–Crippen MR) is 124 cm³/mol. The SMILES string of the molecule is CN1N=C(c2ccccc2Br)Oc2cnc(Nc3ccc(N4CCOCC4)cc3)nc21. The smallest absolute Gasteiger partial charge is 0.245 e. The Kier molecular flexibility index (Phi) is 5.44. The lowest BCUT2D eigenvalue weighted by Gasteiger charge is -2.28. The van der Waals surface area contributed by atoms with Gasteiger partial charge in [-0.1, -0.05) is 12.1 Å². The normalized spacial score (nSPS) is 15.7. The maximum absolute atomic E-state index is 5.97. The molecule has 1 fully saturated rings. The highest BCUT2D eigenvalue weighted by atomic mass is 79.9. The zero-order valence-electron chi connectivity index (χ0n) is 17.0. The number of nitrogens with one attached hydrogen (secondary N) is 1. The summed E-state index contributed by atoms with van der Waals surface area (Å²) in [5.74, 6) is 2.12. The summed E-state index contributed by atoms with van der Waals surface area (Å²) in [5.41, 5.74) is 2.96. The lowest BCUT2D eigenvalue weighted by molar-refractivity contribution is 0.122. The molecule has 158 valence electrons. The zero-order chi connectivity index (χ0) is 21.2. The maximum Gasteiger partial charge on any atom is 0.245 e. The third-order valence-corrected chi connectivity index (χ3v) is 5.79. The molecule has 0 radical (unpaired) electrons.